The van der Waals surface area contributed by atoms with Gasteiger partial charge in [0.25, 0.3) is 0 Å². The normalized spacial score (nSPS) is 16.1. The summed E-state index contributed by atoms with van der Waals surface area (Å²) in [6.45, 7) is 8.28. The van der Waals surface area contributed by atoms with Crippen molar-refractivity contribution in [2.45, 2.75) is 19.9 Å². The molecule has 1 aromatic carbocycles. The van der Waals surface area contributed by atoms with Crippen molar-refractivity contribution in [1.82, 2.24) is 15.1 Å². The van der Waals surface area contributed by atoms with Crippen LogP contribution in [-0.2, 0) is 9.53 Å². The summed E-state index contributed by atoms with van der Waals surface area (Å²) in [5.74, 6) is -0.114. The lowest BCUT2D eigenvalue weighted by molar-refractivity contribution is -0.114. The highest BCUT2D eigenvalue weighted by Gasteiger charge is 2.16. The maximum absolute atomic E-state index is 12.4. The van der Waals surface area contributed by atoms with Gasteiger partial charge in [-0.1, -0.05) is 12.1 Å². The number of urea groups is 1. The van der Waals surface area contributed by atoms with Crippen LogP contribution in [0.25, 0.3) is 0 Å². The number of ether oxygens (including phenoxy) is 1. The van der Waals surface area contributed by atoms with E-state index in [0.29, 0.717) is 6.54 Å². The van der Waals surface area contributed by atoms with Gasteiger partial charge < -0.3 is 20.3 Å². The molecule has 1 fully saturated rings. The molecule has 25 heavy (non-hydrogen) atoms. The number of amides is 3. The molecule has 1 saturated heterocycles. The smallest absolute Gasteiger partial charge is 0.317 e. The molecule has 1 heterocycles. The van der Waals surface area contributed by atoms with Gasteiger partial charge in [0, 0.05) is 45.8 Å². The molecule has 0 aliphatic carbocycles. The van der Waals surface area contributed by atoms with Gasteiger partial charge in [-0.2, -0.15) is 0 Å². The average Bonchev–Trinajstić information content (AvgIpc) is 2.60. The molecule has 1 aliphatic rings. The number of benzene rings is 1. The van der Waals surface area contributed by atoms with Crippen LogP contribution in [0.3, 0.4) is 0 Å². The maximum atomic E-state index is 12.4. The van der Waals surface area contributed by atoms with Crippen molar-refractivity contribution in [1.29, 1.82) is 0 Å². The summed E-state index contributed by atoms with van der Waals surface area (Å²) >= 11 is 0. The quantitative estimate of drug-likeness (QED) is 0.820. The van der Waals surface area contributed by atoms with Crippen molar-refractivity contribution in [2.24, 2.45) is 0 Å². The first-order chi connectivity index (χ1) is 12.0. The van der Waals surface area contributed by atoms with Crippen LogP contribution in [0, 0.1) is 0 Å². The van der Waals surface area contributed by atoms with Gasteiger partial charge in [0.2, 0.25) is 5.91 Å². The van der Waals surface area contributed by atoms with Crippen LogP contribution in [0.15, 0.2) is 24.3 Å². The maximum Gasteiger partial charge on any atom is 0.317 e. The number of carbonyl (C=O) groups excluding carboxylic acids is 2. The van der Waals surface area contributed by atoms with E-state index in [4.69, 9.17) is 4.74 Å². The molecule has 2 N–H and O–H groups in total. The van der Waals surface area contributed by atoms with Crippen LogP contribution in [0.2, 0.25) is 0 Å². The Morgan fingerprint density at radius 2 is 2.04 bits per heavy atom. The van der Waals surface area contributed by atoms with Crippen molar-refractivity contribution in [3.63, 3.8) is 0 Å². The Hall–Kier alpha value is -2.12. The van der Waals surface area contributed by atoms with E-state index in [1.54, 1.807) is 11.9 Å². The predicted octanol–water partition coefficient (Wildman–Crippen LogP) is 1.68. The lowest BCUT2D eigenvalue weighted by Gasteiger charge is -2.29. The molecule has 1 atom stereocenters. The van der Waals surface area contributed by atoms with E-state index in [-0.39, 0.29) is 18.0 Å². The third-order valence-corrected chi connectivity index (χ3v) is 4.25. The zero-order chi connectivity index (χ0) is 18.2. The van der Waals surface area contributed by atoms with Gasteiger partial charge in [0.05, 0.1) is 19.3 Å². The number of nitrogens with one attached hydrogen (secondary N) is 2. The fourth-order valence-electron chi connectivity index (χ4n) is 2.69. The van der Waals surface area contributed by atoms with Crippen LogP contribution in [0.5, 0.6) is 0 Å². The first kappa shape index (κ1) is 19.2. The Labute approximate surface area is 149 Å². The van der Waals surface area contributed by atoms with Gasteiger partial charge >= 0.3 is 6.03 Å². The largest absolute Gasteiger partial charge is 0.379 e. The van der Waals surface area contributed by atoms with Crippen LogP contribution < -0.4 is 10.6 Å². The average molecular weight is 348 g/mol. The number of hydrogen-bond donors (Lipinski definition) is 2. The third kappa shape index (κ3) is 6.36. The minimum atomic E-state index is -0.146. The Morgan fingerprint density at radius 1 is 1.32 bits per heavy atom. The highest BCUT2D eigenvalue weighted by molar-refractivity contribution is 5.88. The van der Waals surface area contributed by atoms with E-state index < -0.39 is 0 Å². The van der Waals surface area contributed by atoms with Crippen LogP contribution in [-0.4, -0.2) is 68.2 Å². The van der Waals surface area contributed by atoms with Gasteiger partial charge in [-0.15, -0.1) is 0 Å². The molecule has 1 aromatic rings. The second-order valence-electron chi connectivity index (χ2n) is 6.35. The summed E-state index contributed by atoms with van der Waals surface area (Å²) in [6.07, 6.45) is 0. The monoisotopic (exact) mass is 348 g/mol. The molecule has 2 rings (SSSR count). The van der Waals surface area contributed by atoms with Crippen LogP contribution in [0.4, 0.5) is 10.5 Å². The molecule has 1 aliphatic heterocycles. The SMILES string of the molecule is CC(=O)Nc1cccc([C@H](C)NC(=O)N(C)CCN2CCOCC2)c1. The molecular formula is C18H28N4O3. The summed E-state index contributed by atoms with van der Waals surface area (Å²) in [5.41, 5.74) is 1.67. The molecular weight excluding hydrogens is 320 g/mol. The Balaban J connectivity index is 1.82. The summed E-state index contributed by atoms with van der Waals surface area (Å²) in [7, 11) is 1.80. The van der Waals surface area contributed by atoms with E-state index in [9.17, 15) is 9.59 Å². The predicted molar refractivity (Wildman–Crippen MR) is 97.6 cm³/mol. The first-order valence-electron chi connectivity index (χ1n) is 8.65. The lowest BCUT2D eigenvalue weighted by atomic mass is 10.1. The highest BCUT2D eigenvalue weighted by atomic mass is 16.5. The minimum Gasteiger partial charge on any atom is -0.379 e. The number of rotatable bonds is 6. The standard InChI is InChI=1S/C18H28N4O3/c1-14(16-5-4-6-17(13-16)20-15(2)23)19-18(24)21(3)7-8-22-9-11-25-12-10-22/h4-6,13-14H,7-12H2,1-3H3,(H,19,24)(H,20,23)/t14-/m0/s1. The molecule has 7 nitrogen and oxygen atoms in total. The Morgan fingerprint density at radius 3 is 2.72 bits per heavy atom. The summed E-state index contributed by atoms with van der Waals surface area (Å²) in [4.78, 5) is 27.5. The molecule has 0 unspecified atom stereocenters. The van der Waals surface area contributed by atoms with Crippen molar-refractivity contribution in [3.05, 3.63) is 29.8 Å². The topological polar surface area (TPSA) is 73.9 Å². The van der Waals surface area contributed by atoms with Gasteiger partial charge in [-0.3, -0.25) is 9.69 Å². The van der Waals surface area contributed by atoms with Crippen molar-refractivity contribution >= 4 is 17.6 Å². The van der Waals surface area contributed by atoms with Crippen molar-refractivity contribution in [2.75, 3.05) is 51.8 Å². The van der Waals surface area contributed by atoms with E-state index in [1.165, 1.54) is 6.92 Å². The molecule has 0 saturated carbocycles. The molecule has 0 radical (unpaired) electrons. The summed E-state index contributed by atoms with van der Waals surface area (Å²) < 4.78 is 5.33. The molecule has 0 bridgehead atoms. The van der Waals surface area contributed by atoms with Gasteiger partial charge in [-0.05, 0) is 24.6 Å². The highest BCUT2D eigenvalue weighted by Crippen LogP contribution is 2.17. The van der Waals surface area contributed by atoms with Crippen molar-refractivity contribution < 1.29 is 14.3 Å². The third-order valence-electron chi connectivity index (χ3n) is 4.25. The zero-order valence-electron chi connectivity index (χ0n) is 15.2. The second-order valence-corrected chi connectivity index (χ2v) is 6.35. The van der Waals surface area contributed by atoms with Crippen LogP contribution >= 0.6 is 0 Å². The zero-order valence-corrected chi connectivity index (χ0v) is 15.2. The summed E-state index contributed by atoms with van der Waals surface area (Å²) in [6, 6.07) is 7.25. The van der Waals surface area contributed by atoms with Crippen LogP contribution in [0.1, 0.15) is 25.5 Å². The Bertz CT molecular complexity index is 587. The number of morpholine rings is 1. The molecule has 138 valence electrons. The number of likely N-dealkylation sites (N-methyl/N-ethyl adjacent to an activating group) is 1. The molecule has 3 amide bonds. The number of anilines is 1. The van der Waals surface area contributed by atoms with Gasteiger partial charge in [0.1, 0.15) is 0 Å². The number of hydrogen-bond acceptors (Lipinski definition) is 4. The fourth-order valence-corrected chi connectivity index (χ4v) is 2.69. The van der Waals surface area contributed by atoms with E-state index in [1.807, 2.05) is 31.2 Å². The minimum absolute atomic E-state index is 0.106. The molecule has 7 heteroatoms. The number of nitrogens with zero attached hydrogens (tertiary/aromatic N) is 2. The van der Waals surface area contributed by atoms with Gasteiger partial charge in [0.15, 0.2) is 0 Å². The molecule has 0 spiro atoms. The fraction of sp³-hybridized carbons (Fsp3) is 0.556. The van der Waals surface area contributed by atoms with E-state index in [2.05, 4.69) is 15.5 Å². The Kier molecular flexibility index (Phi) is 7.21. The van der Waals surface area contributed by atoms with E-state index >= 15 is 0 Å². The van der Waals surface area contributed by atoms with Crippen molar-refractivity contribution in [3.8, 4) is 0 Å². The van der Waals surface area contributed by atoms with Gasteiger partial charge in [-0.25, -0.2) is 4.79 Å². The molecule has 0 aromatic heterocycles. The lowest BCUT2D eigenvalue weighted by Crippen LogP contribution is -2.45. The number of carbonyl (C=O) groups is 2. The van der Waals surface area contributed by atoms with E-state index in [0.717, 1.165) is 44.1 Å². The summed E-state index contributed by atoms with van der Waals surface area (Å²) in [5, 5.41) is 5.75. The second kappa shape index (κ2) is 9.39. The first-order valence-corrected chi connectivity index (χ1v) is 8.65.